The third kappa shape index (κ3) is 4.45. The normalized spacial score (nSPS) is 17.7. The summed E-state index contributed by atoms with van der Waals surface area (Å²) in [6.07, 6.45) is 0. The molecular formula is C43H34N2O2P2. The molecule has 0 N–H and O–H groups in total. The Labute approximate surface area is 286 Å². The van der Waals surface area contributed by atoms with Gasteiger partial charge in [0.25, 0.3) is 0 Å². The Morgan fingerprint density at radius 3 is 1.10 bits per heavy atom. The lowest BCUT2D eigenvalue weighted by molar-refractivity contribution is 0.590. The zero-order chi connectivity index (χ0) is 33.4. The summed E-state index contributed by atoms with van der Waals surface area (Å²) in [6, 6.07) is 49.7. The maximum Gasteiger partial charge on any atom is 0.144 e. The SMILES string of the molecule is CN1c2c(ccc3ccccc23)[PH](=O)c2ccc3ccccc3c2N(C)c2c(ccc3ccccc23)P(C)(=O)c2ccc3ccccc3c21. The smallest absolute Gasteiger partial charge is 0.144 e. The lowest BCUT2D eigenvalue weighted by Crippen LogP contribution is -2.31. The minimum atomic E-state index is -3.31. The van der Waals surface area contributed by atoms with Crippen LogP contribution in [0.5, 0.6) is 0 Å². The molecule has 1 heterocycles. The summed E-state index contributed by atoms with van der Waals surface area (Å²) in [4.78, 5) is 4.33. The van der Waals surface area contributed by atoms with Gasteiger partial charge in [0.05, 0.1) is 22.7 Å². The van der Waals surface area contributed by atoms with E-state index in [1.54, 1.807) is 0 Å². The topological polar surface area (TPSA) is 40.6 Å². The first kappa shape index (κ1) is 30.0. The van der Waals surface area contributed by atoms with Crippen molar-refractivity contribution in [1.29, 1.82) is 0 Å². The van der Waals surface area contributed by atoms with Crippen LogP contribution in [0.25, 0.3) is 43.1 Å². The fourth-order valence-corrected chi connectivity index (χ4v) is 12.1. The molecule has 238 valence electrons. The van der Waals surface area contributed by atoms with Gasteiger partial charge in [0, 0.05) is 56.9 Å². The third-order valence-electron chi connectivity index (χ3n) is 10.3. The van der Waals surface area contributed by atoms with Gasteiger partial charge in [-0.25, -0.2) is 0 Å². The summed E-state index contributed by atoms with van der Waals surface area (Å²) in [6.45, 7) is 1.92. The Kier molecular flexibility index (Phi) is 6.85. The van der Waals surface area contributed by atoms with Gasteiger partial charge in [-0.05, 0) is 52.5 Å². The van der Waals surface area contributed by atoms with Crippen molar-refractivity contribution >= 4 is 102 Å². The van der Waals surface area contributed by atoms with Crippen LogP contribution >= 0.6 is 14.9 Å². The number of fused-ring (bicyclic) bond motifs is 12. The Morgan fingerprint density at radius 1 is 0.429 bits per heavy atom. The first-order valence-corrected chi connectivity index (χ1v) is 20.1. The molecule has 0 aromatic heterocycles. The summed E-state index contributed by atoms with van der Waals surface area (Å²) in [5.41, 5.74) is 3.50. The van der Waals surface area contributed by atoms with Gasteiger partial charge in [0.1, 0.15) is 14.9 Å². The Bertz CT molecular complexity index is 2550. The van der Waals surface area contributed by atoms with Gasteiger partial charge in [-0.1, -0.05) is 121 Å². The Morgan fingerprint density at radius 2 is 0.735 bits per heavy atom. The van der Waals surface area contributed by atoms with E-state index in [0.29, 0.717) is 0 Å². The van der Waals surface area contributed by atoms with Crippen molar-refractivity contribution in [3.63, 3.8) is 0 Å². The van der Waals surface area contributed by atoms with Crippen LogP contribution in [-0.4, -0.2) is 20.8 Å². The monoisotopic (exact) mass is 672 g/mol. The fourth-order valence-electron chi connectivity index (χ4n) is 7.98. The van der Waals surface area contributed by atoms with Crippen molar-refractivity contribution in [1.82, 2.24) is 0 Å². The maximum absolute atomic E-state index is 16.0. The molecule has 8 aromatic carbocycles. The predicted octanol–water partition coefficient (Wildman–Crippen LogP) is 9.60. The maximum atomic E-state index is 16.0. The number of benzene rings is 8. The average molecular weight is 673 g/mol. The zero-order valence-corrected chi connectivity index (χ0v) is 29.4. The van der Waals surface area contributed by atoms with E-state index in [4.69, 9.17) is 0 Å². The Balaban J connectivity index is 1.51. The second-order valence-electron chi connectivity index (χ2n) is 13.0. The van der Waals surface area contributed by atoms with E-state index in [0.717, 1.165) is 87.1 Å². The van der Waals surface area contributed by atoms with Crippen molar-refractivity contribution in [2.45, 2.75) is 0 Å². The second-order valence-corrected chi connectivity index (χ2v) is 17.6. The van der Waals surface area contributed by atoms with Gasteiger partial charge in [-0.2, -0.15) is 0 Å². The van der Waals surface area contributed by atoms with Crippen LogP contribution in [-0.2, 0) is 9.13 Å². The summed E-state index contributed by atoms with van der Waals surface area (Å²) >= 11 is 0. The average Bonchev–Trinajstić information content (AvgIpc) is 3.14. The van der Waals surface area contributed by atoms with Gasteiger partial charge in [-0.3, -0.25) is 0 Å². The van der Waals surface area contributed by atoms with E-state index in [1.165, 1.54) is 0 Å². The predicted molar refractivity (Wildman–Crippen MR) is 213 cm³/mol. The summed E-state index contributed by atoms with van der Waals surface area (Å²) in [5.74, 6) is 0. The second kappa shape index (κ2) is 11.2. The lowest BCUT2D eigenvalue weighted by Gasteiger charge is -2.34. The molecule has 9 rings (SSSR count). The van der Waals surface area contributed by atoms with Crippen LogP contribution in [0.1, 0.15) is 0 Å². The molecular weight excluding hydrogens is 638 g/mol. The molecule has 4 nitrogen and oxygen atoms in total. The summed E-state index contributed by atoms with van der Waals surface area (Å²) in [7, 11) is -1.84. The molecule has 1 aliphatic rings. The Hall–Kier alpha value is -5.14. The van der Waals surface area contributed by atoms with E-state index in [2.05, 4.69) is 94.7 Å². The van der Waals surface area contributed by atoms with Crippen molar-refractivity contribution in [3.8, 4) is 0 Å². The van der Waals surface area contributed by atoms with Crippen molar-refractivity contribution in [2.75, 3.05) is 30.6 Å². The largest absolute Gasteiger partial charge is 0.342 e. The lowest BCUT2D eigenvalue weighted by atomic mass is 10.0. The van der Waals surface area contributed by atoms with Crippen LogP contribution in [0.4, 0.5) is 22.7 Å². The minimum Gasteiger partial charge on any atom is -0.342 e. The van der Waals surface area contributed by atoms with Crippen molar-refractivity contribution < 1.29 is 9.13 Å². The molecule has 1 aliphatic heterocycles. The molecule has 0 amide bonds. The van der Waals surface area contributed by atoms with Gasteiger partial charge in [0.15, 0.2) is 0 Å². The highest BCUT2D eigenvalue weighted by Crippen LogP contribution is 2.51. The molecule has 0 saturated heterocycles. The van der Waals surface area contributed by atoms with Crippen LogP contribution in [0.2, 0.25) is 0 Å². The first-order chi connectivity index (χ1) is 23.8. The van der Waals surface area contributed by atoms with E-state index in [1.807, 2.05) is 81.4 Å². The van der Waals surface area contributed by atoms with E-state index in [-0.39, 0.29) is 0 Å². The highest BCUT2D eigenvalue weighted by Gasteiger charge is 2.35. The number of nitrogens with zero attached hydrogens (tertiary/aromatic N) is 2. The van der Waals surface area contributed by atoms with Crippen LogP contribution in [0, 0.1) is 0 Å². The summed E-state index contributed by atoms with van der Waals surface area (Å²) < 4.78 is 31.5. The molecule has 0 bridgehead atoms. The molecule has 0 fully saturated rings. The minimum absolute atomic E-state index is 0.774. The molecule has 0 saturated carbocycles. The molecule has 6 heteroatoms. The highest BCUT2D eigenvalue weighted by molar-refractivity contribution is 7.78. The van der Waals surface area contributed by atoms with Gasteiger partial charge < -0.3 is 18.9 Å². The van der Waals surface area contributed by atoms with Gasteiger partial charge in [-0.15, -0.1) is 0 Å². The standard InChI is InChI=1S/C43H34N2O2P2/c1-44-40-32-16-8-4-12-28(32)20-24-36(40)48(46)37-25-21-29-13-5-9-17-33(29)41(37)45(2)43-35-19-11-7-15-31(35)23-27-39(43)49(3,47)38-26-22-30-14-6-10-18-34(30)42(38)44/h4-27,48H,1-3H3. The van der Waals surface area contributed by atoms with E-state index < -0.39 is 14.9 Å². The quantitative estimate of drug-likeness (QED) is 0.151. The molecule has 0 aliphatic carbocycles. The summed E-state index contributed by atoms with van der Waals surface area (Å²) in [5, 5.41) is 11.4. The van der Waals surface area contributed by atoms with Crippen molar-refractivity contribution in [3.05, 3.63) is 146 Å². The van der Waals surface area contributed by atoms with Crippen LogP contribution in [0.3, 0.4) is 0 Å². The molecule has 0 radical (unpaired) electrons. The third-order valence-corrected chi connectivity index (χ3v) is 14.7. The van der Waals surface area contributed by atoms with Crippen LogP contribution < -0.4 is 31.0 Å². The molecule has 0 atom stereocenters. The first-order valence-electron chi connectivity index (χ1n) is 16.5. The number of anilines is 4. The molecule has 8 aromatic rings. The zero-order valence-electron chi connectivity index (χ0n) is 27.5. The van der Waals surface area contributed by atoms with Gasteiger partial charge >= 0.3 is 0 Å². The fraction of sp³-hybridized carbons (Fsp3) is 0.0698. The van der Waals surface area contributed by atoms with Crippen molar-refractivity contribution in [2.24, 2.45) is 0 Å². The van der Waals surface area contributed by atoms with Crippen LogP contribution in [0.15, 0.2) is 146 Å². The number of hydrogen-bond acceptors (Lipinski definition) is 4. The van der Waals surface area contributed by atoms with Gasteiger partial charge in [0.2, 0.25) is 0 Å². The molecule has 0 spiro atoms. The molecule has 49 heavy (non-hydrogen) atoms. The molecule has 0 unspecified atom stereocenters. The van der Waals surface area contributed by atoms with E-state index >= 15 is 9.13 Å². The highest BCUT2D eigenvalue weighted by atomic mass is 31.2. The van der Waals surface area contributed by atoms with E-state index in [9.17, 15) is 0 Å². The number of hydrogen-bond donors (Lipinski definition) is 0. The number of rotatable bonds is 0.